The molecule has 0 N–H and O–H groups in total. The van der Waals surface area contributed by atoms with Crippen LogP contribution in [0.1, 0.15) is 53.4 Å². The molecule has 16 heavy (non-hydrogen) atoms. The van der Waals surface area contributed by atoms with Crippen LogP contribution in [0.25, 0.3) is 0 Å². The molecule has 1 fully saturated rings. The fraction of sp³-hybridized carbons (Fsp3) is 1.00. The van der Waals surface area contributed by atoms with Crippen molar-refractivity contribution < 1.29 is 4.74 Å². The molecule has 0 aromatic rings. The first-order valence-electron chi connectivity index (χ1n) is 6.78. The number of alkyl halides is 1. The minimum absolute atomic E-state index is 0.117. The molecule has 1 nitrogen and oxygen atoms in total. The highest BCUT2D eigenvalue weighted by Gasteiger charge is 2.28. The number of halogens is 1. The van der Waals surface area contributed by atoms with Crippen molar-refractivity contribution in [2.75, 3.05) is 6.61 Å². The molecule has 0 bridgehead atoms. The predicted octanol–water partition coefficient (Wildman–Crippen LogP) is 4.69. The zero-order valence-electron chi connectivity index (χ0n) is 11.2. The summed E-state index contributed by atoms with van der Waals surface area (Å²) >= 11 is 6.07. The van der Waals surface area contributed by atoms with E-state index in [1.165, 1.54) is 19.3 Å². The Morgan fingerprint density at radius 3 is 2.44 bits per heavy atom. The van der Waals surface area contributed by atoms with Crippen LogP contribution in [0.5, 0.6) is 0 Å². The van der Waals surface area contributed by atoms with E-state index in [1.54, 1.807) is 0 Å². The summed E-state index contributed by atoms with van der Waals surface area (Å²) < 4.78 is 5.63. The molecule has 4 atom stereocenters. The molecule has 1 aliphatic rings. The molecule has 1 saturated carbocycles. The van der Waals surface area contributed by atoms with E-state index in [9.17, 15) is 0 Å². The van der Waals surface area contributed by atoms with Crippen molar-refractivity contribution in [2.45, 2.75) is 58.9 Å². The summed E-state index contributed by atoms with van der Waals surface area (Å²) in [6, 6.07) is 0. The Labute approximate surface area is 106 Å². The number of hydrogen-bond acceptors (Lipinski definition) is 1. The second kappa shape index (κ2) is 6.86. The molecule has 0 saturated heterocycles. The topological polar surface area (TPSA) is 9.23 Å². The average Bonchev–Trinajstić information content (AvgIpc) is 2.64. The lowest BCUT2D eigenvalue weighted by atomic mass is 9.84. The first-order valence-corrected chi connectivity index (χ1v) is 7.21. The second-order valence-corrected chi connectivity index (χ2v) is 6.23. The van der Waals surface area contributed by atoms with Gasteiger partial charge in [-0.3, -0.25) is 0 Å². The monoisotopic (exact) mass is 246 g/mol. The maximum absolute atomic E-state index is 6.07. The van der Waals surface area contributed by atoms with Crippen LogP contribution in [0.4, 0.5) is 0 Å². The Morgan fingerprint density at radius 1 is 1.25 bits per heavy atom. The molecule has 96 valence electrons. The summed E-state index contributed by atoms with van der Waals surface area (Å²) in [4.78, 5) is 0. The van der Waals surface area contributed by atoms with Gasteiger partial charge < -0.3 is 4.74 Å². The number of rotatable bonds is 6. The SMILES string of the molecule is CC(C)C(Cl)OCCC(C)C1CCCC1C. The maximum atomic E-state index is 6.07. The van der Waals surface area contributed by atoms with E-state index in [-0.39, 0.29) is 5.56 Å². The highest BCUT2D eigenvalue weighted by atomic mass is 35.5. The molecule has 1 aliphatic carbocycles. The molecule has 0 radical (unpaired) electrons. The maximum Gasteiger partial charge on any atom is 0.133 e. The Hall–Kier alpha value is 0.250. The van der Waals surface area contributed by atoms with Gasteiger partial charge in [-0.25, -0.2) is 0 Å². The summed E-state index contributed by atoms with van der Waals surface area (Å²) in [5, 5.41) is 0. The van der Waals surface area contributed by atoms with Crippen molar-refractivity contribution >= 4 is 11.6 Å². The lowest BCUT2D eigenvalue weighted by molar-refractivity contribution is 0.0625. The van der Waals surface area contributed by atoms with Gasteiger partial charge in [0, 0.05) is 6.61 Å². The van der Waals surface area contributed by atoms with Crippen LogP contribution in [0, 0.1) is 23.7 Å². The molecule has 0 aromatic heterocycles. The van der Waals surface area contributed by atoms with Gasteiger partial charge >= 0.3 is 0 Å². The molecule has 0 spiro atoms. The van der Waals surface area contributed by atoms with Crippen molar-refractivity contribution in [1.29, 1.82) is 0 Å². The predicted molar refractivity (Wildman–Crippen MR) is 70.7 cm³/mol. The Morgan fingerprint density at radius 2 is 1.94 bits per heavy atom. The van der Waals surface area contributed by atoms with Gasteiger partial charge in [-0.05, 0) is 36.5 Å². The third-order valence-electron chi connectivity index (χ3n) is 4.03. The van der Waals surface area contributed by atoms with Crippen molar-refractivity contribution in [3.05, 3.63) is 0 Å². The molecule has 0 heterocycles. The quantitative estimate of drug-likeness (QED) is 0.618. The normalized spacial score (nSPS) is 29.6. The lowest BCUT2D eigenvalue weighted by Gasteiger charge is -2.24. The zero-order valence-corrected chi connectivity index (χ0v) is 12.0. The highest BCUT2D eigenvalue weighted by Crippen LogP contribution is 2.37. The Bertz CT molecular complexity index is 193. The standard InChI is InChI=1S/C14H27ClO/c1-10(2)14(15)16-9-8-12(4)13-7-5-6-11(13)3/h10-14H,5-9H2,1-4H3. The molecule has 2 heteroatoms. The van der Waals surface area contributed by atoms with E-state index >= 15 is 0 Å². The summed E-state index contributed by atoms with van der Waals surface area (Å²) in [6.45, 7) is 9.78. The zero-order chi connectivity index (χ0) is 12.1. The van der Waals surface area contributed by atoms with Gasteiger partial charge in [-0.2, -0.15) is 0 Å². The van der Waals surface area contributed by atoms with Gasteiger partial charge in [0.1, 0.15) is 5.56 Å². The third kappa shape index (κ3) is 4.25. The molecule has 4 unspecified atom stereocenters. The van der Waals surface area contributed by atoms with Gasteiger partial charge in [0.25, 0.3) is 0 Å². The summed E-state index contributed by atoms with van der Waals surface area (Å²) in [5.41, 5.74) is -0.117. The minimum atomic E-state index is -0.117. The molecule has 0 amide bonds. The summed E-state index contributed by atoms with van der Waals surface area (Å²) in [6.07, 6.45) is 5.41. The van der Waals surface area contributed by atoms with Gasteiger partial charge in [0.05, 0.1) is 0 Å². The number of hydrogen-bond donors (Lipinski definition) is 0. The van der Waals surface area contributed by atoms with Gasteiger partial charge in [-0.1, -0.05) is 52.1 Å². The van der Waals surface area contributed by atoms with Crippen LogP contribution in [-0.4, -0.2) is 12.2 Å². The van der Waals surface area contributed by atoms with E-state index in [2.05, 4.69) is 27.7 Å². The van der Waals surface area contributed by atoms with Gasteiger partial charge in [0.2, 0.25) is 0 Å². The number of ether oxygens (including phenoxy) is 1. The molecular formula is C14H27ClO. The van der Waals surface area contributed by atoms with Crippen molar-refractivity contribution in [1.82, 2.24) is 0 Å². The largest absolute Gasteiger partial charge is 0.362 e. The summed E-state index contributed by atoms with van der Waals surface area (Å²) in [7, 11) is 0. The van der Waals surface area contributed by atoms with Crippen molar-refractivity contribution in [3.63, 3.8) is 0 Å². The van der Waals surface area contributed by atoms with E-state index in [4.69, 9.17) is 16.3 Å². The highest BCUT2D eigenvalue weighted by molar-refractivity contribution is 6.19. The van der Waals surface area contributed by atoms with Crippen LogP contribution >= 0.6 is 11.6 Å². The third-order valence-corrected chi connectivity index (χ3v) is 4.66. The smallest absolute Gasteiger partial charge is 0.133 e. The first-order chi connectivity index (χ1) is 7.52. The minimum Gasteiger partial charge on any atom is -0.362 e. The van der Waals surface area contributed by atoms with Crippen LogP contribution in [0.15, 0.2) is 0 Å². The summed E-state index contributed by atoms with van der Waals surface area (Å²) in [5.74, 6) is 3.01. The van der Waals surface area contributed by atoms with E-state index in [0.29, 0.717) is 5.92 Å². The van der Waals surface area contributed by atoms with Gasteiger partial charge in [0.15, 0.2) is 0 Å². The van der Waals surface area contributed by atoms with E-state index in [1.807, 2.05) is 0 Å². The first kappa shape index (κ1) is 14.3. The fourth-order valence-electron chi connectivity index (χ4n) is 2.79. The van der Waals surface area contributed by atoms with Crippen molar-refractivity contribution in [3.8, 4) is 0 Å². The second-order valence-electron chi connectivity index (χ2n) is 5.80. The van der Waals surface area contributed by atoms with Crippen molar-refractivity contribution in [2.24, 2.45) is 23.7 Å². The molecule has 0 aromatic carbocycles. The molecular weight excluding hydrogens is 220 g/mol. The van der Waals surface area contributed by atoms with E-state index < -0.39 is 0 Å². The molecule has 0 aliphatic heterocycles. The average molecular weight is 247 g/mol. The Balaban J connectivity index is 2.17. The van der Waals surface area contributed by atoms with E-state index in [0.717, 1.165) is 30.8 Å². The van der Waals surface area contributed by atoms with Crippen LogP contribution < -0.4 is 0 Å². The van der Waals surface area contributed by atoms with Crippen LogP contribution in [-0.2, 0) is 4.74 Å². The molecule has 1 rings (SSSR count). The van der Waals surface area contributed by atoms with Crippen LogP contribution in [0.2, 0.25) is 0 Å². The lowest BCUT2D eigenvalue weighted by Crippen LogP contribution is -2.19. The fourth-order valence-corrected chi connectivity index (χ4v) is 2.88. The van der Waals surface area contributed by atoms with Crippen LogP contribution in [0.3, 0.4) is 0 Å². The Kier molecular flexibility index (Phi) is 6.13. The van der Waals surface area contributed by atoms with Gasteiger partial charge in [-0.15, -0.1) is 0 Å².